The van der Waals surface area contributed by atoms with Gasteiger partial charge in [-0.3, -0.25) is 0 Å². The van der Waals surface area contributed by atoms with E-state index >= 15 is 0 Å². The molecule has 4 heteroatoms. The molecule has 1 aliphatic rings. The predicted octanol–water partition coefficient (Wildman–Crippen LogP) is 3.21. The number of halogens is 1. The Hall–Kier alpha value is -0.580. The number of anilines is 1. The molecule has 3 N–H and O–H groups in total. The van der Waals surface area contributed by atoms with E-state index in [-0.39, 0.29) is 6.04 Å². The fraction of sp³-hybridized carbons (Fsp3) is 0.600. The summed E-state index contributed by atoms with van der Waals surface area (Å²) < 4.78 is 1.07. The minimum Gasteiger partial charge on any atom is -0.390 e. The lowest BCUT2D eigenvalue weighted by molar-refractivity contribution is 0.0481. The van der Waals surface area contributed by atoms with Crippen LogP contribution in [0.2, 0.25) is 0 Å². The summed E-state index contributed by atoms with van der Waals surface area (Å²) in [7, 11) is 0. The summed E-state index contributed by atoms with van der Waals surface area (Å²) in [5.41, 5.74) is 7.91. The second kappa shape index (κ2) is 5.81. The van der Waals surface area contributed by atoms with E-state index in [1.807, 2.05) is 19.9 Å². The van der Waals surface area contributed by atoms with E-state index in [1.54, 1.807) is 0 Å². The molecule has 3 nitrogen and oxygen atoms in total. The maximum atomic E-state index is 10.2. The Morgan fingerprint density at radius 1 is 1.37 bits per heavy atom. The van der Waals surface area contributed by atoms with Gasteiger partial charge in [0.25, 0.3) is 0 Å². The zero-order valence-corrected chi connectivity index (χ0v) is 13.3. The van der Waals surface area contributed by atoms with Gasteiger partial charge in [-0.1, -0.05) is 22.0 Å². The number of nitrogens with two attached hydrogens (primary N) is 1. The van der Waals surface area contributed by atoms with Crippen LogP contribution in [0.5, 0.6) is 0 Å². The highest BCUT2D eigenvalue weighted by Crippen LogP contribution is 2.32. The molecule has 106 valence electrons. The molecular formula is C15H23BrN2O. The molecule has 0 spiro atoms. The molecule has 0 aromatic heterocycles. The van der Waals surface area contributed by atoms with E-state index in [2.05, 4.69) is 33.0 Å². The first-order valence-corrected chi connectivity index (χ1v) is 7.71. The first-order valence-electron chi connectivity index (χ1n) is 6.91. The summed E-state index contributed by atoms with van der Waals surface area (Å²) in [6, 6.07) is 6.29. The molecule has 2 unspecified atom stereocenters. The van der Waals surface area contributed by atoms with Crippen molar-refractivity contribution in [2.75, 3.05) is 18.0 Å². The normalized spacial score (nSPS) is 26.1. The molecule has 1 fully saturated rings. The zero-order chi connectivity index (χ0) is 14.0. The van der Waals surface area contributed by atoms with Crippen molar-refractivity contribution in [2.24, 2.45) is 5.73 Å². The first-order chi connectivity index (χ1) is 8.89. The van der Waals surface area contributed by atoms with Crippen LogP contribution < -0.4 is 10.6 Å². The molecule has 0 aliphatic carbocycles. The molecule has 1 aliphatic heterocycles. The number of hydrogen-bond donors (Lipinski definition) is 2. The lowest BCUT2D eigenvalue weighted by Crippen LogP contribution is -2.29. The van der Waals surface area contributed by atoms with Gasteiger partial charge < -0.3 is 15.7 Å². The summed E-state index contributed by atoms with van der Waals surface area (Å²) in [5, 5.41) is 10.2. The lowest BCUT2D eigenvalue weighted by Gasteiger charge is -2.27. The Labute approximate surface area is 123 Å². The first kappa shape index (κ1) is 14.8. The van der Waals surface area contributed by atoms with Gasteiger partial charge in [0.2, 0.25) is 0 Å². The third kappa shape index (κ3) is 3.71. The van der Waals surface area contributed by atoms with Gasteiger partial charge in [-0.25, -0.2) is 0 Å². The van der Waals surface area contributed by atoms with E-state index in [9.17, 15) is 5.11 Å². The van der Waals surface area contributed by atoms with Gasteiger partial charge in [-0.2, -0.15) is 0 Å². The van der Waals surface area contributed by atoms with Crippen molar-refractivity contribution >= 4 is 21.6 Å². The van der Waals surface area contributed by atoms with Gasteiger partial charge in [-0.05, 0) is 50.8 Å². The Bertz CT molecular complexity index is 446. The Kier molecular flexibility index (Phi) is 4.54. The summed E-state index contributed by atoms with van der Waals surface area (Å²) in [5.74, 6) is 0. The van der Waals surface area contributed by atoms with Crippen LogP contribution >= 0.6 is 15.9 Å². The average Bonchev–Trinajstić information content (AvgIpc) is 2.49. The molecule has 0 bridgehead atoms. The Balaban J connectivity index is 2.28. The molecule has 0 radical (unpaired) electrons. The number of benzene rings is 1. The van der Waals surface area contributed by atoms with Gasteiger partial charge in [-0.15, -0.1) is 0 Å². The number of hydrogen-bond acceptors (Lipinski definition) is 3. The van der Waals surface area contributed by atoms with Gasteiger partial charge in [0.15, 0.2) is 0 Å². The molecule has 2 atom stereocenters. The van der Waals surface area contributed by atoms with E-state index in [0.717, 1.165) is 36.8 Å². The largest absolute Gasteiger partial charge is 0.390 e. The van der Waals surface area contributed by atoms with Crippen molar-refractivity contribution in [3.05, 3.63) is 28.2 Å². The molecule has 1 saturated heterocycles. The quantitative estimate of drug-likeness (QED) is 0.877. The highest BCUT2D eigenvalue weighted by atomic mass is 79.9. The summed E-state index contributed by atoms with van der Waals surface area (Å²) in [4.78, 5) is 2.35. The molecule has 2 rings (SSSR count). The maximum absolute atomic E-state index is 10.2. The number of nitrogens with zero attached hydrogens (tertiary/aromatic N) is 1. The Morgan fingerprint density at radius 2 is 2.11 bits per heavy atom. The molecule has 19 heavy (non-hydrogen) atoms. The van der Waals surface area contributed by atoms with E-state index in [4.69, 9.17) is 5.73 Å². The topological polar surface area (TPSA) is 49.5 Å². The van der Waals surface area contributed by atoms with Crippen LogP contribution in [-0.2, 0) is 0 Å². The monoisotopic (exact) mass is 326 g/mol. The van der Waals surface area contributed by atoms with E-state index in [1.165, 1.54) is 11.3 Å². The molecule has 1 aromatic rings. The van der Waals surface area contributed by atoms with Crippen LogP contribution in [0.25, 0.3) is 0 Å². The van der Waals surface area contributed by atoms with Crippen LogP contribution in [0.3, 0.4) is 0 Å². The lowest BCUT2D eigenvalue weighted by atomic mass is 9.98. The molecule has 0 amide bonds. The van der Waals surface area contributed by atoms with Crippen LogP contribution in [-0.4, -0.2) is 23.8 Å². The maximum Gasteiger partial charge on any atom is 0.0637 e. The highest BCUT2D eigenvalue weighted by molar-refractivity contribution is 9.10. The van der Waals surface area contributed by atoms with Crippen molar-refractivity contribution in [3.8, 4) is 0 Å². The van der Waals surface area contributed by atoms with Gasteiger partial charge in [0.05, 0.1) is 5.60 Å². The summed E-state index contributed by atoms with van der Waals surface area (Å²) >= 11 is 3.54. The average molecular weight is 327 g/mol. The van der Waals surface area contributed by atoms with E-state index < -0.39 is 5.60 Å². The van der Waals surface area contributed by atoms with Gasteiger partial charge in [0.1, 0.15) is 0 Å². The van der Waals surface area contributed by atoms with Crippen molar-refractivity contribution in [2.45, 2.75) is 44.8 Å². The minimum absolute atomic E-state index is 0.0202. The number of rotatable bonds is 2. The van der Waals surface area contributed by atoms with E-state index in [0.29, 0.717) is 0 Å². The van der Waals surface area contributed by atoms with Crippen LogP contribution in [0.1, 0.15) is 44.7 Å². The molecular weight excluding hydrogens is 304 g/mol. The van der Waals surface area contributed by atoms with Crippen LogP contribution in [0, 0.1) is 0 Å². The SMILES string of the molecule is CC(N)c1ccc(Br)cc1N1CCCC(C)(O)CC1. The Morgan fingerprint density at radius 3 is 2.79 bits per heavy atom. The number of aliphatic hydroxyl groups is 1. The van der Waals surface area contributed by atoms with Gasteiger partial charge >= 0.3 is 0 Å². The molecule has 1 aromatic carbocycles. The fourth-order valence-electron chi connectivity index (χ4n) is 2.68. The fourth-order valence-corrected chi connectivity index (χ4v) is 3.03. The van der Waals surface area contributed by atoms with Crippen LogP contribution in [0.4, 0.5) is 5.69 Å². The smallest absolute Gasteiger partial charge is 0.0637 e. The summed E-state index contributed by atoms with van der Waals surface area (Å²) in [6.45, 7) is 5.81. The predicted molar refractivity (Wildman–Crippen MR) is 83.4 cm³/mol. The molecule has 0 saturated carbocycles. The highest BCUT2D eigenvalue weighted by Gasteiger charge is 2.26. The third-order valence-corrected chi connectivity index (χ3v) is 4.38. The van der Waals surface area contributed by atoms with Crippen LogP contribution in [0.15, 0.2) is 22.7 Å². The third-order valence-electron chi connectivity index (χ3n) is 3.89. The summed E-state index contributed by atoms with van der Waals surface area (Å²) in [6.07, 6.45) is 2.68. The van der Waals surface area contributed by atoms with Gasteiger partial charge in [0, 0.05) is 29.3 Å². The second-order valence-electron chi connectivity index (χ2n) is 5.83. The van der Waals surface area contributed by atoms with Crippen molar-refractivity contribution in [1.82, 2.24) is 0 Å². The van der Waals surface area contributed by atoms with Crippen molar-refractivity contribution < 1.29 is 5.11 Å². The molecule has 1 heterocycles. The van der Waals surface area contributed by atoms with Crippen molar-refractivity contribution in [3.63, 3.8) is 0 Å². The zero-order valence-electron chi connectivity index (χ0n) is 11.7. The van der Waals surface area contributed by atoms with Crippen molar-refractivity contribution in [1.29, 1.82) is 0 Å². The second-order valence-corrected chi connectivity index (χ2v) is 6.75. The minimum atomic E-state index is -0.532. The standard InChI is InChI=1S/C15H23BrN2O/c1-11(17)13-5-4-12(16)10-14(13)18-8-3-6-15(2,19)7-9-18/h4-5,10-11,19H,3,6-9,17H2,1-2H3.